The summed E-state index contributed by atoms with van der Waals surface area (Å²) >= 11 is 5.58. The molecule has 1 N–H and O–H groups in total. The van der Waals surface area contributed by atoms with Gasteiger partial charge in [0, 0.05) is 13.1 Å². The fourth-order valence-corrected chi connectivity index (χ4v) is 5.69. The standard InChI is InChI=1S/C18H18ClFN2O6S2/c1-28-12-2-4-13(5-3-12)29(24,25)15-10-22(11-15)18(23)9-21-30(26,27)14-6-7-17(20)16(19)8-14/h2-8,15,21H,9-11H2,1H3. The molecule has 0 saturated carbocycles. The van der Waals surface area contributed by atoms with Gasteiger partial charge in [-0.25, -0.2) is 25.9 Å². The van der Waals surface area contributed by atoms with Crippen molar-refractivity contribution in [3.63, 3.8) is 0 Å². The van der Waals surface area contributed by atoms with Crippen molar-refractivity contribution in [3.05, 3.63) is 53.3 Å². The number of hydrogen-bond acceptors (Lipinski definition) is 6. The first-order chi connectivity index (χ1) is 14.0. The number of hydrogen-bond donors (Lipinski definition) is 1. The number of carbonyl (C=O) groups is 1. The van der Waals surface area contributed by atoms with Crippen molar-refractivity contribution in [2.75, 3.05) is 26.7 Å². The Hall–Kier alpha value is -2.21. The van der Waals surface area contributed by atoms with E-state index in [0.29, 0.717) is 5.75 Å². The molecule has 1 amide bonds. The largest absolute Gasteiger partial charge is 0.497 e. The maximum atomic E-state index is 13.2. The number of halogens is 2. The number of benzene rings is 2. The predicted octanol–water partition coefficient (Wildman–Crippen LogP) is 1.45. The average Bonchev–Trinajstić information content (AvgIpc) is 2.67. The minimum absolute atomic E-state index is 0.0443. The highest BCUT2D eigenvalue weighted by molar-refractivity contribution is 7.92. The Morgan fingerprint density at radius 3 is 2.30 bits per heavy atom. The molecule has 0 aromatic heterocycles. The van der Waals surface area contributed by atoms with Crippen molar-refractivity contribution in [1.82, 2.24) is 9.62 Å². The third kappa shape index (κ3) is 4.59. The fraction of sp³-hybridized carbons (Fsp3) is 0.278. The smallest absolute Gasteiger partial charge is 0.241 e. The van der Waals surface area contributed by atoms with Gasteiger partial charge < -0.3 is 9.64 Å². The van der Waals surface area contributed by atoms with Gasteiger partial charge in [-0.1, -0.05) is 11.6 Å². The SMILES string of the molecule is COc1ccc(S(=O)(=O)C2CN(C(=O)CNS(=O)(=O)c3ccc(F)c(Cl)c3)C2)cc1. The van der Waals surface area contributed by atoms with Crippen LogP contribution in [0, 0.1) is 5.82 Å². The summed E-state index contributed by atoms with van der Waals surface area (Å²) < 4.78 is 70.0. The maximum Gasteiger partial charge on any atom is 0.241 e. The molecule has 1 saturated heterocycles. The Kier molecular flexibility index (Phi) is 6.37. The lowest BCUT2D eigenvalue weighted by Crippen LogP contribution is -2.58. The van der Waals surface area contributed by atoms with Crippen LogP contribution in [0.25, 0.3) is 0 Å². The Morgan fingerprint density at radius 1 is 1.13 bits per heavy atom. The molecule has 30 heavy (non-hydrogen) atoms. The third-order valence-corrected chi connectivity index (χ3v) is 8.44. The zero-order valence-corrected chi connectivity index (χ0v) is 18.1. The van der Waals surface area contributed by atoms with Crippen molar-refractivity contribution >= 4 is 37.4 Å². The van der Waals surface area contributed by atoms with Gasteiger partial charge in [0.25, 0.3) is 0 Å². The molecule has 2 aromatic rings. The fourth-order valence-electron chi connectivity index (χ4n) is 2.79. The molecule has 12 heteroatoms. The second-order valence-corrected chi connectivity index (χ2v) is 10.9. The molecule has 8 nitrogen and oxygen atoms in total. The highest BCUT2D eigenvalue weighted by Gasteiger charge is 2.40. The summed E-state index contributed by atoms with van der Waals surface area (Å²) in [5.74, 6) is -0.821. The monoisotopic (exact) mass is 476 g/mol. The molecule has 0 aliphatic carbocycles. The van der Waals surface area contributed by atoms with Gasteiger partial charge in [0.05, 0.1) is 28.5 Å². The van der Waals surface area contributed by atoms with Crippen LogP contribution >= 0.6 is 11.6 Å². The first kappa shape index (κ1) is 22.5. The second-order valence-electron chi connectivity index (χ2n) is 6.54. The summed E-state index contributed by atoms with van der Waals surface area (Å²) in [6.07, 6.45) is 0. The lowest BCUT2D eigenvalue weighted by atomic mass is 10.2. The van der Waals surface area contributed by atoms with Crippen LogP contribution in [-0.4, -0.2) is 59.6 Å². The number of sulfonamides is 1. The van der Waals surface area contributed by atoms with Crippen LogP contribution in [0.3, 0.4) is 0 Å². The van der Waals surface area contributed by atoms with Crippen LogP contribution < -0.4 is 9.46 Å². The summed E-state index contributed by atoms with van der Waals surface area (Å²) in [7, 11) is -6.24. The van der Waals surface area contributed by atoms with Crippen molar-refractivity contribution in [1.29, 1.82) is 0 Å². The van der Waals surface area contributed by atoms with E-state index in [1.165, 1.54) is 36.3 Å². The highest BCUT2D eigenvalue weighted by Crippen LogP contribution is 2.25. The third-order valence-electron chi connectivity index (χ3n) is 4.64. The van der Waals surface area contributed by atoms with E-state index in [0.717, 1.165) is 18.2 Å². The number of ether oxygens (including phenoxy) is 1. The summed E-state index contributed by atoms with van der Waals surface area (Å²) in [5.41, 5.74) is 0. The van der Waals surface area contributed by atoms with Crippen LogP contribution in [0.4, 0.5) is 4.39 Å². The summed E-state index contributed by atoms with van der Waals surface area (Å²) in [6, 6.07) is 8.79. The predicted molar refractivity (Wildman–Crippen MR) is 107 cm³/mol. The van der Waals surface area contributed by atoms with Crippen molar-refractivity contribution in [3.8, 4) is 5.75 Å². The van der Waals surface area contributed by atoms with Crippen LogP contribution in [0.1, 0.15) is 0 Å². The molecule has 162 valence electrons. The summed E-state index contributed by atoms with van der Waals surface area (Å²) in [4.78, 5) is 13.3. The van der Waals surface area contributed by atoms with Gasteiger partial charge in [0.15, 0.2) is 9.84 Å². The highest BCUT2D eigenvalue weighted by atomic mass is 35.5. The van der Waals surface area contributed by atoms with E-state index >= 15 is 0 Å². The zero-order valence-electron chi connectivity index (χ0n) is 15.7. The van der Waals surface area contributed by atoms with E-state index in [4.69, 9.17) is 16.3 Å². The second kappa shape index (κ2) is 8.50. The van der Waals surface area contributed by atoms with Gasteiger partial charge in [-0.15, -0.1) is 0 Å². The van der Waals surface area contributed by atoms with Crippen LogP contribution in [0.5, 0.6) is 5.75 Å². The molecule has 3 rings (SSSR count). The van der Waals surface area contributed by atoms with Crippen LogP contribution in [0.15, 0.2) is 52.3 Å². The molecular weight excluding hydrogens is 459 g/mol. The lowest BCUT2D eigenvalue weighted by molar-refractivity contribution is -0.133. The maximum absolute atomic E-state index is 13.2. The number of amides is 1. The first-order valence-corrected chi connectivity index (χ1v) is 12.1. The van der Waals surface area contributed by atoms with Gasteiger partial charge in [0.1, 0.15) is 16.8 Å². The number of nitrogens with zero attached hydrogens (tertiary/aromatic N) is 1. The normalized spacial score (nSPS) is 15.0. The van der Waals surface area contributed by atoms with E-state index in [-0.39, 0.29) is 27.9 Å². The number of methoxy groups -OCH3 is 1. The zero-order chi connectivity index (χ0) is 22.1. The van der Waals surface area contributed by atoms with E-state index in [1.54, 1.807) is 0 Å². The van der Waals surface area contributed by atoms with E-state index in [1.807, 2.05) is 0 Å². The van der Waals surface area contributed by atoms with E-state index in [9.17, 15) is 26.0 Å². The molecule has 1 heterocycles. The molecule has 0 bridgehead atoms. The molecule has 0 unspecified atom stereocenters. The molecule has 1 aliphatic rings. The van der Waals surface area contributed by atoms with E-state index in [2.05, 4.69) is 4.72 Å². The quantitative estimate of drug-likeness (QED) is 0.647. The van der Waals surface area contributed by atoms with Crippen LogP contribution in [0.2, 0.25) is 5.02 Å². The molecule has 1 fully saturated rings. The number of carbonyl (C=O) groups excluding carboxylic acids is 1. The van der Waals surface area contributed by atoms with Gasteiger partial charge in [0.2, 0.25) is 15.9 Å². The minimum Gasteiger partial charge on any atom is -0.497 e. The molecule has 1 aliphatic heterocycles. The van der Waals surface area contributed by atoms with Crippen molar-refractivity contribution in [2.24, 2.45) is 0 Å². The Balaban J connectivity index is 1.57. The number of likely N-dealkylation sites (tertiary alicyclic amines) is 1. The van der Waals surface area contributed by atoms with Gasteiger partial charge in [-0.3, -0.25) is 4.79 Å². The van der Waals surface area contributed by atoms with Crippen molar-refractivity contribution in [2.45, 2.75) is 15.0 Å². The first-order valence-electron chi connectivity index (χ1n) is 8.65. The average molecular weight is 477 g/mol. The van der Waals surface area contributed by atoms with Gasteiger partial charge >= 0.3 is 0 Å². The lowest BCUT2D eigenvalue weighted by Gasteiger charge is -2.38. The number of rotatable bonds is 7. The van der Waals surface area contributed by atoms with Gasteiger partial charge in [-0.05, 0) is 42.5 Å². The van der Waals surface area contributed by atoms with E-state index < -0.39 is 43.4 Å². The van der Waals surface area contributed by atoms with Crippen LogP contribution in [-0.2, 0) is 24.7 Å². The number of sulfone groups is 1. The van der Waals surface area contributed by atoms with Crippen molar-refractivity contribution < 1.29 is 30.8 Å². The molecular formula is C18H18ClFN2O6S2. The van der Waals surface area contributed by atoms with Gasteiger partial charge in [-0.2, -0.15) is 0 Å². The Labute approximate surface area is 178 Å². The molecule has 0 spiro atoms. The topological polar surface area (TPSA) is 110 Å². The summed E-state index contributed by atoms with van der Waals surface area (Å²) in [6.45, 7) is -0.652. The Bertz CT molecular complexity index is 1160. The Morgan fingerprint density at radius 2 is 1.73 bits per heavy atom. The molecule has 2 aromatic carbocycles. The molecule has 0 atom stereocenters. The minimum atomic E-state index is -4.08. The number of nitrogens with one attached hydrogen (secondary N) is 1. The molecule has 0 radical (unpaired) electrons. The summed E-state index contributed by atoms with van der Waals surface area (Å²) in [5, 5.41) is -1.14.